The molecule has 0 aliphatic carbocycles. The monoisotopic (exact) mass is 365 g/mol. The van der Waals surface area contributed by atoms with E-state index in [4.69, 9.17) is 19.8 Å². The van der Waals surface area contributed by atoms with Gasteiger partial charge >= 0.3 is 11.9 Å². The van der Waals surface area contributed by atoms with Crippen molar-refractivity contribution in [2.24, 2.45) is 0 Å². The summed E-state index contributed by atoms with van der Waals surface area (Å²) in [4.78, 5) is 34.9. The van der Waals surface area contributed by atoms with Crippen molar-refractivity contribution < 1.29 is 24.6 Å². The molecule has 8 heteroatoms. The Hall–Kier alpha value is -2.45. The average molecular weight is 365 g/mol. The number of carbonyl (C=O) groups is 3. The first-order valence-electron chi connectivity index (χ1n) is 8.59. The highest BCUT2D eigenvalue weighted by Crippen LogP contribution is 2.09. The number of carboxylic acids is 2. The van der Waals surface area contributed by atoms with Crippen molar-refractivity contribution in [3.8, 4) is 0 Å². The van der Waals surface area contributed by atoms with Crippen LogP contribution < -0.4 is 5.32 Å². The van der Waals surface area contributed by atoms with E-state index in [2.05, 4.69) is 22.0 Å². The molecule has 0 bridgehead atoms. The molecule has 8 nitrogen and oxygen atoms in total. The fourth-order valence-electron chi connectivity index (χ4n) is 2.45. The third-order valence-electron chi connectivity index (χ3n) is 4.09. The fraction of sp³-hybridized carbons (Fsp3) is 0.500. The second kappa shape index (κ2) is 11.2. The number of anilines is 1. The van der Waals surface area contributed by atoms with Gasteiger partial charge in [0.25, 0.3) is 0 Å². The minimum Gasteiger partial charge on any atom is -0.473 e. The zero-order chi connectivity index (χ0) is 19.5. The molecule has 0 unspecified atom stereocenters. The molecule has 1 amide bonds. The van der Waals surface area contributed by atoms with Crippen LogP contribution in [0.25, 0.3) is 0 Å². The molecule has 1 aliphatic heterocycles. The first-order chi connectivity index (χ1) is 12.3. The number of nitrogens with zero attached hydrogens (tertiary/aromatic N) is 2. The Labute approximate surface area is 153 Å². The van der Waals surface area contributed by atoms with Crippen LogP contribution in [0.3, 0.4) is 0 Å². The Bertz CT molecular complexity index is 583. The molecule has 3 N–H and O–H groups in total. The van der Waals surface area contributed by atoms with Crippen LogP contribution in [0.2, 0.25) is 0 Å². The van der Waals surface area contributed by atoms with Crippen LogP contribution in [-0.2, 0) is 14.4 Å². The Morgan fingerprint density at radius 1 is 0.962 bits per heavy atom. The molecule has 2 rings (SSSR count). The van der Waals surface area contributed by atoms with Gasteiger partial charge in [-0.1, -0.05) is 24.6 Å². The van der Waals surface area contributed by atoms with Crippen molar-refractivity contribution in [1.29, 1.82) is 0 Å². The molecule has 1 aliphatic rings. The van der Waals surface area contributed by atoms with Gasteiger partial charge in [0.1, 0.15) is 0 Å². The minimum absolute atomic E-state index is 0.103. The van der Waals surface area contributed by atoms with Crippen molar-refractivity contribution in [2.75, 3.05) is 44.6 Å². The quantitative estimate of drug-likeness (QED) is 0.671. The van der Waals surface area contributed by atoms with Crippen molar-refractivity contribution in [1.82, 2.24) is 9.80 Å². The zero-order valence-electron chi connectivity index (χ0n) is 15.3. The second-order valence-corrected chi connectivity index (χ2v) is 6.05. The Kier molecular flexibility index (Phi) is 9.32. The van der Waals surface area contributed by atoms with Gasteiger partial charge < -0.3 is 25.3 Å². The number of likely N-dealkylation sites (N-methyl/N-ethyl adjacent to an activating group) is 1. The maximum atomic E-state index is 11.9. The van der Waals surface area contributed by atoms with Crippen LogP contribution in [0.4, 0.5) is 5.69 Å². The van der Waals surface area contributed by atoms with Crippen molar-refractivity contribution >= 4 is 23.5 Å². The molecule has 1 aromatic rings. The predicted octanol–water partition coefficient (Wildman–Crippen LogP) is 1.12. The number of amides is 1. The highest BCUT2D eigenvalue weighted by Gasteiger charge is 2.16. The molecular formula is C18H27N3O5. The van der Waals surface area contributed by atoms with Crippen LogP contribution in [0.5, 0.6) is 0 Å². The van der Waals surface area contributed by atoms with Crippen LogP contribution in [0, 0.1) is 6.92 Å². The lowest BCUT2D eigenvalue weighted by Crippen LogP contribution is -2.46. The zero-order valence-corrected chi connectivity index (χ0v) is 15.3. The Morgan fingerprint density at radius 2 is 1.46 bits per heavy atom. The third kappa shape index (κ3) is 8.59. The summed E-state index contributed by atoms with van der Waals surface area (Å²) in [5.74, 6) is -3.54. The summed E-state index contributed by atoms with van der Waals surface area (Å²) in [5, 5.41) is 17.7. The molecule has 0 saturated carbocycles. The molecule has 0 radical (unpaired) electrons. The first-order valence-corrected chi connectivity index (χ1v) is 8.59. The summed E-state index contributed by atoms with van der Waals surface area (Å²) < 4.78 is 0. The van der Waals surface area contributed by atoms with E-state index in [-0.39, 0.29) is 5.91 Å². The van der Waals surface area contributed by atoms with Gasteiger partial charge in [-0.3, -0.25) is 4.79 Å². The van der Waals surface area contributed by atoms with Gasteiger partial charge in [0.05, 0.1) is 0 Å². The largest absolute Gasteiger partial charge is 0.473 e. The number of aliphatic carboxylic acids is 2. The van der Waals surface area contributed by atoms with Gasteiger partial charge in [-0.15, -0.1) is 0 Å². The molecule has 144 valence electrons. The Morgan fingerprint density at radius 3 is 1.92 bits per heavy atom. The summed E-state index contributed by atoms with van der Waals surface area (Å²) in [7, 11) is 0. The normalized spacial score (nSPS) is 14.8. The molecule has 1 aromatic carbocycles. The molecule has 26 heavy (non-hydrogen) atoms. The number of benzene rings is 1. The maximum Gasteiger partial charge on any atom is 0.414 e. The summed E-state index contributed by atoms with van der Waals surface area (Å²) in [6.07, 6.45) is 0.569. The van der Waals surface area contributed by atoms with Gasteiger partial charge in [-0.05, 0) is 25.6 Å². The van der Waals surface area contributed by atoms with E-state index in [1.54, 1.807) is 0 Å². The lowest BCUT2D eigenvalue weighted by Gasteiger charge is -2.33. The lowest BCUT2D eigenvalue weighted by atomic mass is 10.2. The predicted molar refractivity (Wildman–Crippen MR) is 98.3 cm³/mol. The number of carbonyl (C=O) groups excluding carboxylic acids is 1. The minimum atomic E-state index is -1.82. The maximum absolute atomic E-state index is 11.9. The Balaban J connectivity index is 0.000000487. The highest BCUT2D eigenvalue weighted by molar-refractivity contribution is 6.27. The molecule has 1 heterocycles. The molecule has 0 spiro atoms. The van der Waals surface area contributed by atoms with E-state index in [0.29, 0.717) is 6.42 Å². The van der Waals surface area contributed by atoms with Gasteiger partial charge in [0.2, 0.25) is 5.91 Å². The van der Waals surface area contributed by atoms with E-state index < -0.39 is 11.9 Å². The highest BCUT2D eigenvalue weighted by atomic mass is 16.4. The van der Waals surface area contributed by atoms with Crippen molar-refractivity contribution in [3.05, 3.63) is 29.8 Å². The summed E-state index contributed by atoms with van der Waals surface area (Å²) >= 11 is 0. The average Bonchev–Trinajstić information content (AvgIpc) is 2.63. The number of hydrogen-bond donors (Lipinski definition) is 3. The van der Waals surface area contributed by atoms with E-state index in [0.717, 1.165) is 45.0 Å². The number of rotatable bonds is 5. The van der Waals surface area contributed by atoms with E-state index >= 15 is 0 Å². The second-order valence-electron chi connectivity index (χ2n) is 6.05. The van der Waals surface area contributed by atoms with Crippen LogP contribution in [0.15, 0.2) is 24.3 Å². The van der Waals surface area contributed by atoms with Gasteiger partial charge in [0, 0.05) is 44.8 Å². The van der Waals surface area contributed by atoms with E-state index in [9.17, 15) is 4.79 Å². The van der Waals surface area contributed by atoms with Crippen molar-refractivity contribution in [2.45, 2.75) is 20.3 Å². The first kappa shape index (κ1) is 21.6. The summed E-state index contributed by atoms with van der Waals surface area (Å²) in [6.45, 7) is 10.6. The summed E-state index contributed by atoms with van der Waals surface area (Å²) in [6, 6.07) is 7.93. The van der Waals surface area contributed by atoms with Gasteiger partial charge in [-0.2, -0.15) is 0 Å². The lowest BCUT2D eigenvalue weighted by molar-refractivity contribution is -0.159. The number of aryl methyl sites for hydroxylation is 1. The number of nitrogens with one attached hydrogen (secondary N) is 1. The van der Waals surface area contributed by atoms with Crippen LogP contribution in [-0.4, -0.2) is 77.1 Å². The van der Waals surface area contributed by atoms with Gasteiger partial charge in [0.15, 0.2) is 0 Å². The molecule has 0 atom stereocenters. The molecule has 1 saturated heterocycles. The van der Waals surface area contributed by atoms with Crippen molar-refractivity contribution in [3.63, 3.8) is 0 Å². The van der Waals surface area contributed by atoms with E-state index in [1.807, 2.05) is 31.2 Å². The smallest absolute Gasteiger partial charge is 0.414 e. The molecule has 0 aromatic heterocycles. The van der Waals surface area contributed by atoms with E-state index in [1.165, 1.54) is 5.56 Å². The molecular weight excluding hydrogens is 338 g/mol. The third-order valence-corrected chi connectivity index (χ3v) is 4.09. The topological polar surface area (TPSA) is 110 Å². The number of hydrogen-bond acceptors (Lipinski definition) is 5. The van der Waals surface area contributed by atoms with Crippen LogP contribution >= 0.6 is 0 Å². The fourth-order valence-corrected chi connectivity index (χ4v) is 2.45. The van der Waals surface area contributed by atoms with Crippen LogP contribution in [0.1, 0.15) is 18.9 Å². The number of carboxylic acid groups (broad SMARTS) is 2. The summed E-state index contributed by atoms with van der Waals surface area (Å²) in [5.41, 5.74) is 2.09. The number of piperazine rings is 1. The SMILES string of the molecule is CCN1CCN(CCC(=O)Nc2ccc(C)cc2)CC1.O=C(O)C(=O)O. The molecule has 1 fully saturated rings. The standard InChI is InChI=1S/C16H25N3O.C2H2O4/c1-3-18-10-12-19(13-11-18)9-8-16(20)17-15-6-4-14(2)5-7-15;3-1(4)2(5)6/h4-7H,3,8-13H2,1-2H3,(H,17,20);(H,3,4)(H,5,6). The van der Waals surface area contributed by atoms with Gasteiger partial charge in [-0.25, -0.2) is 9.59 Å².